The molecule has 0 saturated heterocycles. The number of nitrogens with zero attached hydrogens (tertiary/aromatic N) is 1. The third-order valence-electron chi connectivity index (χ3n) is 5.31. The fraction of sp³-hybridized carbons (Fsp3) is 0.333. The molecule has 0 fully saturated rings. The number of rotatable bonds is 4. The van der Waals surface area contributed by atoms with Gasteiger partial charge in [0.2, 0.25) is 5.91 Å². The van der Waals surface area contributed by atoms with Crippen LogP contribution in [-0.2, 0) is 25.8 Å². The molecule has 152 valence electrons. The van der Waals surface area contributed by atoms with Gasteiger partial charge in [-0.05, 0) is 43.5 Å². The van der Waals surface area contributed by atoms with Gasteiger partial charge in [-0.2, -0.15) is 0 Å². The van der Waals surface area contributed by atoms with Crippen molar-refractivity contribution in [3.05, 3.63) is 47.5 Å². The number of hydrogen-bond acceptors (Lipinski definition) is 5. The predicted molar refractivity (Wildman–Crippen MR) is 109 cm³/mol. The first-order chi connectivity index (χ1) is 13.8. The van der Waals surface area contributed by atoms with Crippen LogP contribution in [0, 0.1) is 6.92 Å². The molecule has 29 heavy (non-hydrogen) atoms. The second-order valence-corrected chi connectivity index (χ2v) is 9.54. The molecule has 7 nitrogen and oxygen atoms in total. The Hall–Kier alpha value is -2.87. The number of aryl methyl sites for hydroxylation is 1. The van der Waals surface area contributed by atoms with Gasteiger partial charge in [0.15, 0.2) is 16.4 Å². The van der Waals surface area contributed by atoms with Gasteiger partial charge in [-0.3, -0.25) is 9.59 Å². The zero-order valence-electron chi connectivity index (χ0n) is 16.3. The number of carbonyl (C=O) groups excluding carboxylic acids is 2. The second kappa shape index (κ2) is 7.18. The minimum absolute atomic E-state index is 0.00472. The molecule has 2 aromatic rings. The molecule has 0 aliphatic carbocycles. The van der Waals surface area contributed by atoms with Gasteiger partial charge in [0.25, 0.3) is 5.91 Å². The summed E-state index contributed by atoms with van der Waals surface area (Å²) < 4.78 is 31.2. The molecule has 2 aliphatic rings. The molecule has 0 saturated carbocycles. The van der Waals surface area contributed by atoms with Gasteiger partial charge in [-0.15, -0.1) is 0 Å². The first-order valence-electron chi connectivity index (χ1n) is 9.46. The second-order valence-electron chi connectivity index (χ2n) is 7.47. The van der Waals surface area contributed by atoms with E-state index in [1.807, 2.05) is 31.2 Å². The summed E-state index contributed by atoms with van der Waals surface area (Å²) in [6.45, 7) is 3.47. The fourth-order valence-electron chi connectivity index (χ4n) is 3.95. The lowest BCUT2D eigenvalue weighted by Crippen LogP contribution is -2.36. The highest BCUT2D eigenvalue weighted by atomic mass is 32.2. The van der Waals surface area contributed by atoms with E-state index in [1.54, 1.807) is 17.9 Å². The molecule has 0 spiro atoms. The van der Waals surface area contributed by atoms with Crippen molar-refractivity contribution >= 4 is 33.0 Å². The molecule has 0 bridgehead atoms. The maximum atomic E-state index is 12.9. The number of amides is 2. The number of hydrogen-bond donors (Lipinski definition) is 1. The van der Waals surface area contributed by atoms with Crippen molar-refractivity contribution in [1.82, 2.24) is 0 Å². The molecule has 2 aliphatic heterocycles. The first-order valence-corrected chi connectivity index (χ1v) is 11.1. The molecule has 1 atom stereocenters. The third-order valence-corrected chi connectivity index (χ3v) is 7.16. The van der Waals surface area contributed by atoms with E-state index in [0.29, 0.717) is 17.0 Å². The number of para-hydroxylation sites is 1. The summed E-state index contributed by atoms with van der Waals surface area (Å²) in [4.78, 5) is 26.1. The molecule has 4 rings (SSSR count). The first kappa shape index (κ1) is 19.4. The molecule has 0 radical (unpaired) electrons. The van der Waals surface area contributed by atoms with Crippen LogP contribution in [0.3, 0.4) is 0 Å². The molecule has 2 heterocycles. The van der Waals surface area contributed by atoms with Gasteiger partial charge in [0.05, 0.1) is 16.3 Å². The van der Waals surface area contributed by atoms with Gasteiger partial charge in [0.1, 0.15) is 5.75 Å². The highest BCUT2D eigenvalue weighted by molar-refractivity contribution is 7.91. The van der Waals surface area contributed by atoms with Crippen molar-refractivity contribution in [2.45, 2.75) is 37.6 Å². The van der Waals surface area contributed by atoms with E-state index in [9.17, 15) is 18.0 Å². The zero-order chi connectivity index (χ0) is 20.8. The van der Waals surface area contributed by atoms with Crippen molar-refractivity contribution < 1.29 is 22.7 Å². The maximum Gasteiger partial charge on any atom is 0.262 e. The van der Waals surface area contributed by atoms with Crippen LogP contribution in [0.2, 0.25) is 0 Å². The van der Waals surface area contributed by atoms with E-state index in [-0.39, 0.29) is 41.5 Å². The number of sulfone groups is 1. The average Bonchev–Trinajstić information content (AvgIpc) is 3.01. The number of nitrogens with one attached hydrogen (secondary N) is 1. The van der Waals surface area contributed by atoms with Crippen LogP contribution in [0.15, 0.2) is 41.3 Å². The normalized spacial score (nSPS) is 17.9. The molecule has 8 heteroatoms. The summed E-state index contributed by atoms with van der Waals surface area (Å²) in [7, 11) is -3.70. The number of anilines is 2. The van der Waals surface area contributed by atoms with Crippen molar-refractivity contribution in [2.24, 2.45) is 0 Å². The molecule has 2 aromatic carbocycles. The number of benzene rings is 2. The van der Waals surface area contributed by atoms with E-state index in [2.05, 4.69) is 5.32 Å². The van der Waals surface area contributed by atoms with Gasteiger partial charge in [-0.1, -0.05) is 18.2 Å². The van der Waals surface area contributed by atoms with Crippen LogP contribution in [0.1, 0.15) is 24.5 Å². The summed E-state index contributed by atoms with van der Waals surface area (Å²) >= 11 is 0. The molecule has 0 aromatic heterocycles. The van der Waals surface area contributed by atoms with Crippen LogP contribution < -0.4 is 15.0 Å². The molecule has 1 N–H and O–H groups in total. The van der Waals surface area contributed by atoms with E-state index in [4.69, 9.17) is 4.74 Å². The lowest BCUT2D eigenvalue weighted by molar-refractivity contribution is -0.119. The molecular weight excluding hydrogens is 392 g/mol. The van der Waals surface area contributed by atoms with Crippen molar-refractivity contribution in [1.29, 1.82) is 0 Å². The lowest BCUT2D eigenvalue weighted by atomic mass is 10.1. The van der Waals surface area contributed by atoms with E-state index in [1.165, 1.54) is 6.07 Å². The van der Waals surface area contributed by atoms with Crippen molar-refractivity contribution in [2.75, 3.05) is 22.6 Å². The van der Waals surface area contributed by atoms with E-state index in [0.717, 1.165) is 17.7 Å². The smallest absolute Gasteiger partial charge is 0.262 e. The molecular formula is C21H22N2O5S. The van der Waals surface area contributed by atoms with Crippen LogP contribution in [-0.4, -0.2) is 38.6 Å². The largest absolute Gasteiger partial charge is 0.482 e. The van der Waals surface area contributed by atoms with Crippen molar-refractivity contribution in [3.63, 3.8) is 0 Å². The summed E-state index contributed by atoms with van der Waals surface area (Å²) in [6, 6.07) is 10.7. The molecule has 0 unspecified atom stereocenters. The Balaban J connectivity index is 1.53. The Morgan fingerprint density at radius 1 is 1.28 bits per heavy atom. The lowest BCUT2D eigenvalue weighted by Gasteiger charge is -2.23. The monoisotopic (exact) mass is 414 g/mol. The predicted octanol–water partition coefficient (Wildman–Crippen LogP) is 2.47. The highest BCUT2D eigenvalue weighted by Gasteiger charge is 2.31. The summed E-state index contributed by atoms with van der Waals surface area (Å²) in [6.07, 6.45) is 0.663. The Bertz CT molecular complexity index is 1110. The summed E-state index contributed by atoms with van der Waals surface area (Å²) in [5.41, 5.74) is 2.91. The Morgan fingerprint density at radius 2 is 2.03 bits per heavy atom. The summed E-state index contributed by atoms with van der Waals surface area (Å²) in [5.74, 6) is -0.450. The number of fused-ring (bicyclic) bond motifs is 2. The zero-order valence-corrected chi connectivity index (χ0v) is 17.1. The van der Waals surface area contributed by atoms with Gasteiger partial charge >= 0.3 is 0 Å². The Kier molecular flexibility index (Phi) is 4.82. The van der Waals surface area contributed by atoms with Crippen molar-refractivity contribution in [3.8, 4) is 5.75 Å². The maximum absolute atomic E-state index is 12.9. The van der Waals surface area contributed by atoms with Gasteiger partial charge < -0.3 is 15.0 Å². The quantitative estimate of drug-likeness (QED) is 0.830. The minimum atomic E-state index is -3.70. The SMILES string of the molecule is Cc1cc2c(cc1S(=O)(=O)CCC(=O)N1c3ccccc3C[C@@H]1C)OCC(=O)N2. The Labute approximate surface area is 169 Å². The number of carbonyl (C=O) groups is 2. The third kappa shape index (κ3) is 3.60. The molecule has 2 amide bonds. The van der Waals surface area contributed by atoms with Gasteiger partial charge in [0, 0.05) is 24.2 Å². The Morgan fingerprint density at radius 3 is 2.83 bits per heavy atom. The van der Waals surface area contributed by atoms with Crippen LogP contribution >= 0.6 is 0 Å². The fourth-order valence-corrected chi connectivity index (χ4v) is 5.45. The van der Waals surface area contributed by atoms with Crippen LogP contribution in [0.4, 0.5) is 11.4 Å². The van der Waals surface area contributed by atoms with E-state index < -0.39 is 9.84 Å². The highest BCUT2D eigenvalue weighted by Crippen LogP contribution is 2.35. The standard InChI is InChI=1S/C21H22N2O5S/c1-13-9-16-18(28-12-20(24)22-16)11-19(13)29(26,27)8-7-21(25)23-14(2)10-15-5-3-4-6-17(15)23/h3-6,9,11,14H,7-8,10,12H2,1-2H3,(H,22,24)/t14-/m0/s1. The topological polar surface area (TPSA) is 92.8 Å². The van der Waals surface area contributed by atoms with Crippen LogP contribution in [0.5, 0.6) is 5.75 Å². The van der Waals surface area contributed by atoms with Gasteiger partial charge in [-0.25, -0.2) is 8.42 Å². The van der Waals surface area contributed by atoms with E-state index >= 15 is 0 Å². The average molecular weight is 414 g/mol. The van der Waals surface area contributed by atoms with Crippen LogP contribution in [0.25, 0.3) is 0 Å². The minimum Gasteiger partial charge on any atom is -0.482 e. The number of ether oxygens (including phenoxy) is 1. The summed E-state index contributed by atoms with van der Waals surface area (Å²) in [5, 5.41) is 2.66.